The number of allylic oxidation sites excluding steroid dienone is 1. The van der Waals surface area contributed by atoms with Gasteiger partial charge in [0.05, 0.1) is 16.1 Å². The number of alkyl halides is 3. The average Bonchev–Trinajstić information content (AvgIpc) is 3.40. The van der Waals surface area contributed by atoms with E-state index in [-0.39, 0.29) is 28.2 Å². The minimum absolute atomic E-state index is 0.00455. The molecule has 2 heterocycles. The van der Waals surface area contributed by atoms with Gasteiger partial charge in [-0.1, -0.05) is 12.1 Å². The number of benzene rings is 2. The number of thiazole rings is 1. The Labute approximate surface area is 204 Å². The van der Waals surface area contributed by atoms with Crippen molar-refractivity contribution in [2.75, 3.05) is 14.9 Å². The predicted molar refractivity (Wildman–Crippen MR) is 129 cm³/mol. The van der Waals surface area contributed by atoms with E-state index in [1.54, 1.807) is 19.2 Å². The summed E-state index contributed by atoms with van der Waals surface area (Å²) in [4.78, 5) is 18.4. The molecule has 1 unspecified atom stereocenters. The van der Waals surface area contributed by atoms with Gasteiger partial charge in [0, 0.05) is 41.0 Å². The Morgan fingerprint density at radius 3 is 2.46 bits per heavy atom. The lowest BCUT2D eigenvalue weighted by Gasteiger charge is -2.28. The van der Waals surface area contributed by atoms with Crippen LogP contribution in [-0.2, 0) is 21.0 Å². The Hall–Kier alpha value is -3.38. The highest BCUT2D eigenvalue weighted by Crippen LogP contribution is 2.42. The monoisotopic (exact) mass is 522 g/mol. The standard InChI is InChI=1S/C23H21F3N4O3S2/c1-14-13-18(15(2)30(14)20-6-4-3-5-19(20)23(24,25)26)21(31)28-16-7-9-17(10-8-16)35(32,33)29-22-27-11-12-34-22/h3-12,14H,13H2,1-2H3,(H,27,29)(H,28,31). The highest BCUT2D eigenvalue weighted by molar-refractivity contribution is 7.93. The van der Waals surface area contributed by atoms with E-state index < -0.39 is 27.7 Å². The molecule has 4 rings (SSSR count). The van der Waals surface area contributed by atoms with Crippen LogP contribution < -0.4 is 14.9 Å². The molecule has 1 aliphatic rings. The van der Waals surface area contributed by atoms with Crippen molar-refractivity contribution in [1.29, 1.82) is 0 Å². The van der Waals surface area contributed by atoms with Crippen molar-refractivity contribution in [1.82, 2.24) is 4.98 Å². The average molecular weight is 523 g/mol. The molecule has 0 saturated carbocycles. The molecular weight excluding hydrogens is 501 g/mol. The summed E-state index contributed by atoms with van der Waals surface area (Å²) in [7, 11) is -3.84. The topological polar surface area (TPSA) is 91.4 Å². The van der Waals surface area contributed by atoms with Crippen LogP contribution in [0, 0.1) is 0 Å². The maximum absolute atomic E-state index is 13.5. The number of aromatic nitrogens is 1. The van der Waals surface area contributed by atoms with Crippen LogP contribution in [0.4, 0.5) is 29.7 Å². The number of hydrogen-bond donors (Lipinski definition) is 2. The Morgan fingerprint density at radius 1 is 1.14 bits per heavy atom. The molecule has 7 nitrogen and oxygen atoms in total. The quantitative estimate of drug-likeness (QED) is 0.448. The van der Waals surface area contributed by atoms with Crippen LogP contribution in [-0.4, -0.2) is 25.4 Å². The SMILES string of the molecule is CC1=C(C(=O)Nc2ccc(S(=O)(=O)Nc3nccs3)cc2)CC(C)N1c1ccccc1C(F)(F)F. The molecule has 0 radical (unpaired) electrons. The molecule has 1 aliphatic heterocycles. The fourth-order valence-corrected chi connectivity index (χ4v) is 5.77. The summed E-state index contributed by atoms with van der Waals surface area (Å²) in [5, 5.41) is 4.58. The number of nitrogens with one attached hydrogen (secondary N) is 2. The van der Waals surface area contributed by atoms with E-state index >= 15 is 0 Å². The molecule has 184 valence electrons. The number of rotatable bonds is 6. The molecule has 35 heavy (non-hydrogen) atoms. The molecular formula is C23H21F3N4O3S2. The fourth-order valence-electron chi connectivity index (χ4n) is 3.98. The summed E-state index contributed by atoms with van der Waals surface area (Å²) in [5.41, 5.74) is 0.367. The fraction of sp³-hybridized carbons (Fsp3) is 0.217. The lowest BCUT2D eigenvalue weighted by molar-refractivity contribution is -0.137. The third-order valence-electron chi connectivity index (χ3n) is 5.56. The third-order valence-corrected chi connectivity index (χ3v) is 7.73. The number of sulfonamides is 1. The van der Waals surface area contributed by atoms with Crippen LogP contribution in [0.1, 0.15) is 25.8 Å². The minimum Gasteiger partial charge on any atom is -0.341 e. The Kier molecular flexibility index (Phi) is 6.60. The van der Waals surface area contributed by atoms with E-state index in [2.05, 4.69) is 15.0 Å². The Balaban J connectivity index is 1.53. The zero-order valence-corrected chi connectivity index (χ0v) is 20.3. The molecule has 12 heteroatoms. The number of hydrogen-bond acceptors (Lipinski definition) is 6. The van der Waals surface area contributed by atoms with Gasteiger partial charge < -0.3 is 10.2 Å². The molecule has 3 aromatic rings. The first-order chi connectivity index (χ1) is 16.5. The van der Waals surface area contributed by atoms with Gasteiger partial charge in [0.1, 0.15) is 0 Å². The normalized spacial score (nSPS) is 16.5. The van der Waals surface area contributed by atoms with Gasteiger partial charge in [-0.15, -0.1) is 11.3 Å². The molecule has 0 spiro atoms. The van der Waals surface area contributed by atoms with E-state index in [4.69, 9.17) is 0 Å². The van der Waals surface area contributed by atoms with Gasteiger partial charge in [-0.25, -0.2) is 13.4 Å². The summed E-state index contributed by atoms with van der Waals surface area (Å²) in [6.07, 6.45) is -2.79. The second-order valence-corrected chi connectivity index (χ2v) is 10.5. The molecule has 1 amide bonds. The summed E-state index contributed by atoms with van der Waals surface area (Å²) < 4.78 is 67.9. The first-order valence-corrected chi connectivity index (χ1v) is 12.8. The first-order valence-electron chi connectivity index (χ1n) is 10.5. The van der Waals surface area contributed by atoms with Gasteiger partial charge in [-0.2, -0.15) is 13.2 Å². The van der Waals surface area contributed by atoms with Crippen LogP contribution in [0.3, 0.4) is 0 Å². The van der Waals surface area contributed by atoms with E-state index in [0.717, 1.165) is 17.4 Å². The summed E-state index contributed by atoms with van der Waals surface area (Å²) in [5.74, 6) is -0.460. The second kappa shape index (κ2) is 9.34. The van der Waals surface area contributed by atoms with Gasteiger partial charge in [-0.05, 0) is 50.2 Å². The van der Waals surface area contributed by atoms with Crippen molar-refractivity contribution >= 4 is 43.8 Å². The lowest BCUT2D eigenvalue weighted by Crippen LogP contribution is -2.28. The summed E-state index contributed by atoms with van der Waals surface area (Å²) in [6.45, 7) is 3.37. The van der Waals surface area contributed by atoms with Gasteiger partial charge >= 0.3 is 6.18 Å². The van der Waals surface area contributed by atoms with Crippen LogP contribution in [0.25, 0.3) is 0 Å². The maximum Gasteiger partial charge on any atom is 0.418 e. The first kappa shape index (κ1) is 24.7. The van der Waals surface area contributed by atoms with E-state index in [1.807, 2.05) is 0 Å². The van der Waals surface area contributed by atoms with Crippen LogP contribution in [0.5, 0.6) is 0 Å². The van der Waals surface area contributed by atoms with Gasteiger partial charge in [0.15, 0.2) is 5.13 Å². The number of anilines is 3. The van der Waals surface area contributed by atoms with Gasteiger partial charge in [-0.3, -0.25) is 9.52 Å². The van der Waals surface area contributed by atoms with Crippen molar-refractivity contribution < 1.29 is 26.4 Å². The second-order valence-electron chi connectivity index (χ2n) is 7.92. The van der Waals surface area contributed by atoms with Gasteiger partial charge in [0.25, 0.3) is 15.9 Å². The minimum atomic E-state index is -4.53. The smallest absolute Gasteiger partial charge is 0.341 e. The zero-order valence-electron chi connectivity index (χ0n) is 18.6. The summed E-state index contributed by atoms with van der Waals surface area (Å²) in [6, 6.07) is 10.5. The zero-order chi connectivity index (χ0) is 25.4. The molecule has 0 fully saturated rings. The number of para-hydroxylation sites is 1. The van der Waals surface area contributed by atoms with Crippen molar-refractivity contribution in [3.8, 4) is 0 Å². The third kappa shape index (κ3) is 5.17. The molecule has 0 saturated heterocycles. The molecule has 0 bridgehead atoms. The number of halogens is 3. The highest BCUT2D eigenvalue weighted by atomic mass is 32.2. The Morgan fingerprint density at radius 2 is 1.83 bits per heavy atom. The molecule has 2 aromatic carbocycles. The highest BCUT2D eigenvalue weighted by Gasteiger charge is 2.38. The number of carbonyl (C=O) groups excluding carboxylic acids is 1. The van der Waals surface area contributed by atoms with Gasteiger partial charge in [0.2, 0.25) is 0 Å². The van der Waals surface area contributed by atoms with E-state index in [9.17, 15) is 26.4 Å². The van der Waals surface area contributed by atoms with Crippen molar-refractivity contribution in [2.45, 2.75) is 37.4 Å². The maximum atomic E-state index is 13.5. The van der Waals surface area contributed by atoms with Crippen molar-refractivity contribution in [2.24, 2.45) is 0 Å². The Bertz CT molecular complexity index is 1370. The van der Waals surface area contributed by atoms with Crippen LogP contribution in [0.2, 0.25) is 0 Å². The largest absolute Gasteiger partial charge is 0.418 e. The summed E-state index contributed by atoms with van der Waals surface area (Å²) >= 11 is 1.14. The predicted octanol–water partition coefficient (Wildman–Crippen LogP) is 5.47. The van der Waals surface area contributed by atoms with E-state index in [0.29, 0.717) is 17.0 Å². The van der Waals surface area contributed by atoms with Crippen molar-refractivity contribution in [3.05, 3.63) is 76.9 Å². The number of carbonyl (C=O) groups is 1. The van der Waals surface area contributed by atoms with Crippen LogP contribution in [0.15, 0.2) is 76.3 Å². The molecule has 0 aliphatic carbocycles. The number of nitrogens with zero attached hydrogens (tertiary/aromatic N) is 2. The lowest BCUT2D eigenvalue weighted by atomic mass is 10.1. The molecule has 2 N–H and O–H groups in total. The number of amides is 1. The van der Waals surface area contributed by atoms with E-state index in [1.165, 1.54) is 53.6 Å². The van der Waals surface area contributed by atoms with Crippen LogP contribution >= 0.6 is 11.3 Å². The van der Waals surface area contributed by atoms with Crippen molar-refractivity contribution in [3.63, 3.8) is 0 Å². The molecule has 1 atom stereocenters. The molecule has 1 aromatic heterocycles.